The van der Waals surface area contributed by atoms with Gasteiger partial charge in [0.05, 0.1) is 0 Å². The molecular weight excluding hydrogens is 277 g/mol. The van der Waals surface area contributed by atoms with Gasteiger partial charge >= 0.3 is 5.97 Å². The van der Waals surface area contributed by atoms with Crippen LogP contribution in [0.2, 0.25) is 0 Å². The first kappa shape index (κ1) is 16.9. The summed E-state index contributed by atoms with van der Waals surface area (Å²) in [7, 11) is 0. The summed E-state index contributed by atoms with van der Waals surface area (Å²) in [5.74, 6) is -0.989. The summed E-state index contributed by atoms with van der Waals surface area (Å²) in [5, 5.41) is 2.47. The average Bonchev–Trinajstić information content (AvgIpc) is 2.36. The molecule has 0 spiro atoms. The van der Waals surface area contributed by atoms with E-state index in [1.165, 1.54) is 31.2 Å². The zero-order valence-electron chi connectivity index (χ0n) is 12.6. The third kappa shape index (κ3) is 6.74. The first-order valence-corrected chi connectivity index (χ1v) is 6.58. The molecule has 1 atom stereocenters. The number of esters is 1. The molecule has 0 saturated carbocycles. The van der Waals surface area contributed by atoms with Crippen LogP contribution in [0.1, 0.15) is 27.7 Å². The first-order valence-electron chi connectivity index (χ1n) is 6.58. The van der Waals surface area contributed by atoms with Crippen molar-refractivity contribution in [1.82, 2.24) is 5.32 Å². The van der Waals surface area contributed by atoms with Crippen LogP contribution in [-0.2, 0) is 14.3 Å². The molecule has 0 saturated heterocycles. The van der Waals surface area contributed by atoms with Crippen molar-refractivity contribution in [2.24, 2.45) is 0 Å². The molecule has 1 aromatic rings. The van der Waals surface area contributed by atoms with Crippen LogP contribution in [0.25, 0.3) is 0 Å². The minimum Gasteiger partial charge on any atom is -0.484 e. The van der Waals surface area contributed by atoms with E-state index in [4.69, 9.17) is 9.47 Å². The highest BCUT2D eigenvalue weighted by molar-refractivity contribution is 5.85. The maximum Gasteiger partial charge on any atom is 0.328 e. The lowest BCUT2D eigenvalue weighted by Gasteiger charge is -2.22. The summed E-state index contributed by atoms with van der Waals surface area (Å²) in [5.41, 5.74) is -0.610. The number of hydrogen-bond donors (Lipinski definition) is 1. The fraction of sp³-hybridized carbons (Fsp3) is 0.467. The highest BCUT2D eigenvalue weighted by atomic mass is 19.1. The van der Waals surface area contributed by atoms with Gasteiger partial charge in [-0.2, -0.15) is 0 Å². The molecule has 1 N–H and O–H groups in total. The third-order valence-electron chi connectivity index (χ3n) is 2.32. The number of carbonyl (C=O) groups excluding carboxylic acids is 2. The number of rotatable bonds is 5. The van der Waals surface area contributed by atoms with E-state index in [-0.39, 0.29) is 12.4 Å². The van der Waals surface area contributed by atoms with E-state index in [0.29, 0.717) is 5.75 Å². The first-order chi connectivity index (χ1) is 9.67. The lowest BCUT2D eigenvalue weighted by Crippen LogP contribution is -2.43. The highest BCUT2D eigenvalue weighted by Gasteiger charge is 2.22. The maximum absolute atomic E-state index is 12.7. The minimum absolute atomic E-state index is 0.265. The van der Waals surface area contributed by atoms with Gasteiger partial charge in [0, 0.05) is 0 Å². The molecule has 0 heterocycles. The molecule has 0 aliphatic rings. The Morgan fingerprint density at radius 3 is 2.33 bits per heavy atom. The number of ether oxygens (including phenoxy) is 2. The van der Waals surface area contributed by atoms with Crippen LogP contribution in [0.4, 0.5) is 4.39 Å². The molecule has 1 amide bonds. The lowest BCUT2D eigenvalue weighted by molar-refractivity contribution is -0.158. The van der Waals surface area contributed by atoms with Crippen molar-refractivity contribution in [3.63, 3.8) is 0 Å². The molecule has 1 aromatic carbocycles. The number of hydrogen-bond acceptors (Lipinski definition) is 4. The van der Waals surface area contributed by atoms with E-state index < -0.39 is 23.5 Å². The largest absolute Gasteiger partial charge is 0.484 e. The summed E-state index contributed by atoms with van der Waals surface area (Å²) >= 11 is 0. The van der Waals surface area contributed by atoms with Gasteiger partial charge in [0.25, 0.3) is 5.91 Å². The third-order valence-corrected chi connectivity index (χ3v) is 2.32. The average molecular weight is 297 g/mol. The normalized spacial score (nSPS) is 12.4. The minimum atomic E-state index is -0.770. The van der Waals surface area contributed by atoms with E-state index in [9.17, 15) is 14.0 Å². The summed E-state index contributed by atoms with van der Waals surface area (Å²) < 4.78 is 23.0. The molecular formula is C15H20FNO4. The van der Waals surface area contributed by atoms with Crippen molar-refractivity contribution in [2.45, 2.75) is 39.3 Å². The zero-order chi connectivity index (χ0) is 16.0. The van der Waals surface area contributed by atoms with E-state index in [2.05, 4.69) is 5.32 Å². The molecule has 6 heteroatoms. The second-order valence-electron chi connectivity index (χ2n) is 5.57. The van der Waals surface area contributed by atoms with Crippen LogP contribution in [0, 0.1) is 5.82 Å². The predicted octanol–water partition coefficient (Wildman–Crippen LogP) is 2.05. The maximum atomic E-state index is 12.7. The van der Waals surface area contributed by atoms with Gasteiger partial charge in [0.1, 0.15) is 23.2 Å². The summed E-state index contributed by atoms with van der Waals surface area (Å²) in [6.45, 7) is 6.51. The van der Waals surface area contributed by atoms with Crippen LogP contribution in [-0.4, -0.2) is 30.1 Å². The number of amides is 1. The quantitative estimate of drug-likeness (QED) is 0.845. The molecule has 0 bridgehead atoms. The molecule has 1 rings (SSSR count). The fourth-order valence-corrected chi connectivity index (χ4v) is 1.41. The van der Waals surface area contributed by atoms with Crippen LogP contribution in [0.15, 0.2) is 24.3 Å². The van der Waals surface area contributed by atoms with E-state index >= 15 is 0 Å². The number of benzene rings is 1. The second kappa shape index (κ2) is 7.06. The van der Waals surface area contributed by atoms with E-state index in [1.54, 1.807) is 20.8 Å². The number of carbonyl (C=O) groups is 2. The second-order valence-corrected chi connectivity index (χ2v) is 5.57. The van der Waals surface area contributed by atoms with Gasteiger partial charge in [0.15, 0.2) is 6.61 Å². The Kier molecular flexibility index (Phi) is 5.69. The molecule has 0 aromatic heterocycles. The monoisotopic (exact) mass is 297 g/mol. The van der Waals surface area contributed by atoms with Crippen molar-refractivity contribution in [1.29, 1.82) is 0 Å². The van der Waals surface area contributed by atoms with Crippen molar-refractivity contribution in [2.75, 3.05) is 6.61 Å². The smallest absolute Gasteiger partial charge is 0.328 e. The van der Waals surface area contributed by atoms with Crippen LogP contribution in [0.5, 0.6) is 5.75 Å². The Balaban J connectivity index is 2.39. The van der Waals surface area contributed by atoms with Gasteiger partial charge in [-0.1, -0.05) is 0 Å². The molecule has 0 aliphatic carbocycles. The van der Waals surface area contributed by atoms with Crippen LogP contribution in [0.3, 0.4) is 0 Å². The fourth-order valence-electron chi connectivity index (χ4n) is 1.41. The van der Waals surface area contributed by atoms with Gasteiger partial charge < -0.3 is 14.8 Å². The molecule has 0 fully saturated rings. The summed E-state index contributed by atoms with van der Waals surface area (Å²) in [6, 6.07) is 4.53. The van der Waals surface area contributed by atoms with Crippen LogP contribution >= 0.6 is 0 Å². The molecule has 21 heavy (non-hydrogen) atoms. The predicted molar refractivity (Wildman–Crippen MR) is 75.3 cm³/mol. The van der Waals surface area contributed by atoms with E-state index in [1.807, 2.05) is 0 Å². The van der Waals surface area contributed by atoms with Crippen molar-refractivity contribution < 1.29 is 23.5 Å². The van der Waals surface area contributed by atoms with Crippen LogP contribution < -0.4 is 10.1 Å². The molecule has 0 aliphatic heterocycles. The lowest BCUT2D eigenvalue weighted by atomic mass is 10.2. The molecule has 116 valence electrons. The van der Waals surface area contributed by atoms with Crippen molar-refractivity contribution in [3.05, 3.63) is 30.1 Å². The Morgan fingerprint density at radius 2 is 1.81 bits per heavy atom. The summed E-state index contributed by atoms with van der Waals surface area (Å²) in [6.07, 6.45) is 0. The van der Waals surface area contributed by atoms with Gasteiger partial charge in [0.2, 0.25) is 0 Å². The number of halogens is 1. The number of nitrogens with one attached hydrogen (secondary N) is 1. The van der Waals surface area contributed by atoms with Gasteiger partial charge in [-0.15, -0.1) is 0 Å². The molecule has 5 nitrogen and oxygen atoms in total. The Hall–Kier alpha value is -2.11. The van der Waals surface area contributed by atoms with Crippen molar-refractivity contribution in [3.8, 4) is 5.75 Å². The Morgan fingerprint density at radius 1 is 1.24 bits per heavy atom. The SMILES string of the molecule is C[C@@H](NC(=O)COc1ccc(F)cc1)C(=O)OC(C)(C)C. The van der Waals surface area contributed by atoms with E-state index in [0.717, 1.165) is 0 Å². The highest BCUT2D eigenvalue weighted by Crippen LogP contribution is 2.11. The summed E-state index contributed by atoms with van der Waals surface area (Å²) in [4.78, 5) is 23.3. The van der Waals surface area contributed by atoms with Gasteiger partial charge in [-0.25, -0.2) is 9.18 Å². The Bertz CT molecular complexity index is 493. The topological polar surface area (TPSA) is 64.6 Å². The van der Waals surface area contributed by atoms with Crippen molar-refractivity contribution >= 4 is 11.9 Å². The standard InChI is InChI=1S/C15H20FNO4/c1-10(14(19)21-15(2,3)4)17-13(18)9-20-12-7-5-11(16)6-8-12/h5-8,10H,9H2,1-4H3,(H,17,18)/t10-/m1/s1. The zero-order valence-corrected chi connectivity index (χ0v) is 12.6. The molecule has 0 radical (unpaired) electrons. The van der Waals surface area contributed by atoms with Gasteiger partial charge in [-0.05, 0) is 52.0 Å². The molecule has 0 unspecified atom stereocenters. The van der Waals surface area contributed by atoms with Gasteiger partial charge in [-0.3, -0.25) is 4.79 Å². The Labute approximate surface area is 123 Å².